The molecule has 27 heavy (non-hydrogen) atoms. The minimum Gasteiger partial charge on any atom is -0.399 e. The number of aryl methyl sites for hydroxylation is 1. The second kappa shape index (κ2) is 6.87. The molecule has 0 spiro atoms. The van der Waals surface area contributed by atoms with Crippen molar-refractivity contribution in [2.24, 2.45) is 0 Å². The van der Waals surface area contributed by atoms with Crippen molar-refractivity contribution < 1.29 is 0 Å². The van der Waals surface area contributed by atoms with Gasteiger partial charge in [0.15, 0.2) is 5.65 Å². The highest BCUT2D eigenvalue weighted by atomic mass is 16.2. The van der Waals surface area contributed by atoms with Crippen LogP contribution in [0.3, 0.4) is 0 Å². The van der Waals surface area contributed by atoms with Crippen LogP contribution >= 0.6 is 0 Å². The molecule has 3 aromatic heterocycles. The molecule has 0 fully saturated rings. The number of nitrogens with two attached hydrogens (primary N) is 1. The molecule has 0 aliphatic rings. The van der Waals surface area contributed by atoms with E-state index in [0.717, 1.165) is 5.69 Å². The van der Waals surface area contributed by atoms with Gasteiger partial charge >= 0.3 is 5.69 Å². The van der Waals surface area contributed by atoms with E-state index in [9.17, 15) is 9.59 Å². The van der Waals surface area contributed by atoms with E-state index in [1.54, 1.807) is 48.8 Å². The summed E-state index contributed by atoms with van der Waals surface area (Å²) in [4.78, 5) is 34.6. The first-order valence-electron chi connectivity index (χ1n) is 8.51. The molecule has 0 aliphatic heterocycles. The first kappa shape index (κ1) is 16.7. The maximum Gasteiger partial charge on any atom is 0.337 e. The van der Waals surface area contributed by atoms with Crippen molar-refractivity contribution >= 4 is 16.7 Å². The highest BCUT2D eigenvalue weighted by molar-refractivity contribution is 5.75. The van der Waals surface area contributed by atoms with Gasteiger partial charge in [-0.15, -0.1) is 0 Å². The molecular formula is C20H17N5O2. The molecule has 0 atom stereocenters. The van der Waals surface area contributed by atoms with Crippen LogP contribution in [0.25, 0.3) is 16.7 Å². The topological polar surface area (TPSA) is 95.8 Å². The first-order chi connectivity index (χ1) is 13.1. The Morgan fingerprint density at radius 1 is 0.926 bits per heavy atom. The zero-order chi connectivity index (χ0) is 18.8. The maximum atomic E-state index is 13.2. The summed E-state index contributed by atoms with van der Waals surface area (Å²) in [5, 5.41) is 0.376. The standard InChI is InChI=1S/C20H17N5O2/c21-14-5-3-7-16(13-14)25-18-17(8-4-11-23-18)19(26)24(20(25)27)12-9-15-6-1-2-10-22-15/h1-8,10-11,13H,9,12,21H2. The fraction of sp³-hybridized carbons (Fsp3) is 0.100. The van der Waals surface area contributed by atoms with Crippen LogP contribution in [0.2, 0.25) is 0 Å². The molecule has 2 N–H and O–H groups in total. The Labute approximate surface area is 154 Å². The Kier molecular flexibility index (Phi) is 4.25. The number of pyridine rings is 2. The van der Waals surface area contributed by atoms with Crippen LogP contribution in [0, 0.1) is 0 Å². The molecule has 4 rings (SSSR count). The molecule has 0 saturated carbocycles. The Hall–Kier alpha value is -3.74. The average molecular weight is 359 g/mol. The summed E-state index contributed by atoms with van der Waals surface area (Å²) >= 11 is 0. The largest absolute Gasteiger partial charge is 0.399 e. The fourth-order valence-electron chi connectivity index (χ4n) is 3.05. The van der Waals surface area contributed by atoms with Crippen LogP contribution < -0.4 is 17.0 Å². The third-order valence-electron chi connectivity index (χ3n) is 4.34. The van der Waals surface area contributed by atoms with E-state index in [1.165, 1.54) is 9.13 Å². The minimum absolute atomic E-state index is 0.224. The van der Waals surface area contributed by atoms with Gasteiger partial charge in [-0.3, -0.25) is 14.3 Å². The number of fused-ring (bicyclic) bond motifs is 1. The van der Waals surface area contributed by atoms with Crippen molar-refractivity contribution in [1.29, 1.82) is 0 Å². The summed E-state index contributed by atoms with van der Waals surface area (Å²) in [6.45, 7) is 0.224. The molecular weight excluding hydrogens is 342 g/mol. The lowest BCUT2D eigenvalue weighted by atomic mass is 10.2. The summed E-state index contributed by atoms with van der Waals surface area (Å²) in [6, 6.07) is 15.9. The predicted octanol–water partition coefficient (Wildman–Crippen LogP) is 1.77. The van der Waals surface area contributed by atoms with Crippen molar-refractivity contribution in [2.75, 3.05) is 5.73 Å². The average Bonchev–Trinajstić information content (AvgIpc) is 2.69. The van der Waals surface area contributed by atoms with E-state index >= 15 is 0 Å². The molecule has 0 bridgehead atoms. The molecule has 134 valence electrons. The number of nitrogen functional groups attached to an aromatic ring is 1. The van der Waals surface area contributed by atoms with Crippen LogP contribution in [0.4, 0.5) is 5.69 Å². The lowest BCUT2D eigenvalue weighted by Crippen LogP contribution is -2.40. The molecule has 0 aliphatic carbocycles. The van der Waals surface area contributed by atoms with Gasteiger partial charge in [0.05, 0.1) is 11.1 Å². The molecule has 1 aromatic carbocycles. The zero-order valence-electron chi connectivity index (χ0n) is 14.4. The van der Waals surface area contributed by atoms with Gasteiger partial charge < -0.3 is 5.73 Å². The van der Waals surface area contributed by atoms with Crippen LogP contribution in [-0.4, -0.2) is 19.1 Å². The van der Waals surface area contributed by atoms with Gasteiger partial charge in [0.25, 0.3) is 5.56 Å². The number of nitrogens with zero attached hydrogens (tertiary/aromatic N) is 4. The number of benzene rings is 1. The highest BCUT2D eigenvalue weighted by Gasteiger charge is 2.15. The van der Waals surface area contributed by atoms with Crippen molar-refractivity contribution in [1.82, 2.24) is 19.1 Å². The zero-order valence-corrected chi connectivity index (χ0v) is 14.4. The number of hydrogen-bond acceptors (Lipinski definition) is 5. The Morgan fingerprint density at radius 2 is 1.78 bits per heavy atom. The van der Waals surface area contributed by atoms with Crippen LogP contribution in [0.15, 0.2) is 76.6 Å². The van der Waals surface area contributed by atoms with Crippen molar-refractivity contribution in [3.05, 3.63) is 93.5 Å². The number of rotatable bonds is 4. The Bertz CT molecular complexity index is 1230. The lowest BCUT2D eigenvalue weighted by molar-refractivity contribution is 0.612. The molecule has 0 saturated heterocycles. The van der Waals surface area contributed by atoms with Gasteiger partial charge in [-0.1, -0.05) is 12.1 Å². The molecule has 0 unspecified atom stereocenters. The van der Waals surface area contributed by atoms with E-state index < -0.39 is 5.69 Å². The van der Waals surface area contributed by atoms with Crippen LogP contribution in [-0.2, 0) is 13.0 Å². The molecule has 7 heteroatoms. The number of anilines is 1. The van der Waals surface area contributed by atoms with Gasteiger partial charge in [-0.05, 0) is 42.5 Å². The minimum atomic E-state index is -0.451. The molecule has 7 nitrogen and oxygen atoms in total. The van der Waals surface area contributed by atoms with Gasteiger partial charge in [0.2, 0.25) is 0 Å². The first-order valence-corrected chi connectivity index (χ1v) is 8.51. The molecule has 0 radical (unpaired) electrons. The summed E-state index contributed by atoms with van der Waals surface area (Å²) in [5.74, 6) is 0. The number of hydrogen-bond donors (Lipinski definition) is 1. The smallest absolute Gasteiger partial charge is 0.337 e. The van der Waals surface area contributed by atoms with Gasteiger partial charge in [-0.2, -0.15) is 0 Å². The summed E-state index contributed by atoms with van der Waals surface area (Å²) in [7, 11) is 0. The normalized spacial score (nSPS) is 11.0. The summed E-state index contributed by atoms with van der Waals surface area (Å²) in [5.41, 5.74) is 7.28. The van der Waals surface area contributed by atoms with Crippen LogP contribution in [0.5, 0.6) is 0 Å². The third kappa shape index (κ3) is 3.10. The van der Waals surface area contributed by atoms with E-state index in [0.29, 0.717) is 28.8 Å². The van der Waals surface area contributed by atoms with Gasteiger partial charge in [0, 0.05) is 36.7 Å². The van der Waals surface area contributed by atoms with Gasteiger partial charge in [-0.25, -0.2) is 14.3 Å². The Balaban J connectivity index is 1.92. The second-order valence-electron chi connectivity index (χ2n) is 6.12. The van der Waals surface area contributed by atoms with E-state index in [-0.39, 0.29) is 12.1 Å². The maximum absolute atomic E-state index is 13.2. The number of aromatic nitrogens is 4. The summed E-state index contributed by atoms with van der Waals surface area (Å²) in [6.07, 6.45) is 3.72. The van der Waals surface area contributed by atoms with E-state index in [4.69, 9.17) is 5.73 Å². The second-order valence-corrected chi connectivity index (χ2v) is 6.12. The third-order valence-corrected chi connectivity index (χ3v) is 4.34. The molecule has 0 amide bonds. The monoisotopic (exact) mass is 359 g/mol. The SMILES string of the molecule is Nc1cccc(-n2c(=O)n(CCc3ccccn3)c(=O)c3cccnc32)c1. The lowest BCUT2D eigenvalue weighted by Gasteiger charge is -2.13. The summed E-state index contributed by atoms with van der Waals surface area (Å²) < 4.78 is 2.65. The van der Waals surface area contributed by atoms with E-state index in [1.807, 2.05) is 18.2 Å². The fourth-order valence-corrected chi connectivity index (χ4v) is 3.05. The van der Waals surface area contributed by atoms with Gasteiger partial charge in [0.1, 0.15) is 0 Å². The highest BCUT2D eigenvalue weighted by Crippen LogP contribution is 2.14. The molecule has 3 heterocycles. The molecule has 4 aromatic rings. The predicted molar refractivity (Wildman–Crippen MR) is 104 cm³/mol. The van der Waals surface area contributed by atoms with Crippen molar-refractivity contribution in [2.45, 2.75) is 13.0 Å². The van der Waals surface area contributed by atoms with E-state index in [2.05, 4.69) is 9.97 Å². The quantitative estimate of drug-likeness (QED) is 0.560. The van der Waals surface area contributed by atoms with Crippen LogP contribution in [0.1, 0.15) is 5.69 Å². The van der Waals surface area contributed by atoms with Crippen molar-refractivity contribution in [3.8, 4) is 5.69 Å². The Morgan fingerprint density at radius 3 is 2.56 bits per heavy atom. The van der Waals surface area contributed by atoms with Crippen molar-refractivity contribution in [3.63, 3.8) is 0 Å².